The molecule has 1 saturated carbocycles. The van der Waals surface area contributed by atoms with Crippen LogP contribution in [0.5, 0.6) is 0 Å². The van der Waals surface area contributed by atoms with Gasteiger partial charge in [0.2, 0.25) is 10.0 Å². The van der Waals surface area contributed by atoms with E-state index >= 15 is 0 Å². The Hall–Kier alpha value is -0.660. The third-order valence-electron chi connectivity index (χ3n) is 2.75. The Morgan fingerprint density at radius 2 is 1.94 bits per heavy atom. The fourth-order valence-corrected chi connectivity index (χ4v) is 3.37. The van der Waals surface area contributed by atoms with E-state index < -0.39 is 22.1 Å². The van der Waals surface area contributed by atoms with Crippen molar-refractivity contribution in [3.63, 3.8) is 0 Å². The number of rotatable bonds is 6. The number of sulfonamides is 1. The number of aliphatic hydroxyl groups is 1. The lowest BCUT2D eigenvalue weighted by Crippen LogP contribution is -2.35. The first-order chi connectivity index (χ1) is 7.43. The van der Waals surface area contributed by atoms with Crippen LogP contribution < -0.4 is 4.72 Å². The fraction of sp³-hybridized carbons (Fsp3) is 0.889. The highest BCUT2D eigenvalue weighted by atomic mass is 32.2. The summed E-state index contributed by atoms with van der Waals surface area (Å²) < 4.78 is 25.6. The zero-order chi connectivity index (χ0) is 12.2. The lowest BCUT2D eigenvalue weighted by molar-refractivity contribution is -0.146. The molecule has 0 aromatic heterocycles. The predicted molar refractivity (Wildman–Crippen MR) is 57.4 cm³/mol. The molecule has 1 atom stereocenters. The van der Waals surface area contributed by atoms with Gasteiger partial charge in [-0.1, -0.05) is 12.8 Å². The average molecular weight is 251 g/mol. The normalized spacial score (nSPS) is 19.8. The summed E-state index contributed by atoms with van der Waals surface area (Å²) in [6.07, 6.45) is 1.55. The number of carboxylic acids is 1. The Kier molecular flexibility index (Phi) is 4.69. The number of hydrogen-bond acceptors (Lipinski definition) is 4. The quantitative estimate of drug-likeness (QED) is 0.600. The van der Waals surface area contributed by atoms with E-state index in [0.717, 1.165) is 12.8 Å². The van der Waals surface area contributed by atoms with Gasteiger partial charge in [-0.15, -0.1) is 0 Å². The van der Waals surface area contributed by atoms with Gasteiger partial charge in [-0.25, -0.2) is 17.9 Å². The van der Waals surface area contributed by atoms with Crippen molar-refractivity contribution in [3.8, 4) is 0 Å². The van der Waals surface area contributed by atoms with Gasteiger partial charge < -0.3 is 10.2 Å². The first-order valence-corrected chi connectivity index (χ1v) is 6.87. The summed E-state index contributed by atoms with van der Waals surface area (Å²) in [5, 5.41) is 17.0. The van der Waals surface area contributed by atoms with Gasteiger partial charge in [-0.05, 0) is 19.3 Å². The lowest BCUT2D eigenvalue weighted by atomic mass is 10.3. The topological polar surface area (TPSA) is 104 Å². The van der Waals surface area contributed by atoms with Crippen LogP contribution in [0.4, 0.5) is 0 Å². The van der Waals surface area contributed by atoms with E-state index in [4.69, 9.17) is 10.2 Å². The lowest BCUT2D eigenvalue weighted by Gasteiger charge is -2.12. The molecular weight excluding hydrogens is 234 g/mol. The molecule has 0 amide bonds. The van der Waals surface area contributed by atoms with Gasteiger partial charge in [0.15, 0.2) is 6.10 Å². The zero-order valence-electron chi connectivity index (χ0n) is 8.92. The van der Waals surface area contributed by atoms with E-state index in [2.05, 4.69) is 4.72 Å². The van der Waals surface area contributed by atoms with Crippen molar-refractivity contribution in [1.82, 2.24) is 4.72 Å². The van der Waals surface area contributed by atoms with Gasteiger partial charge >= 0.3 is 5.97 Å². The summed E-state index contributed by atoms with van der Waals surface area (Å²) in [7, 11) is -3.34. The largest absolute Gasteiger partial charge is 0.479 e. The van der Waals surface area contributed by atoms with Crippen molar-refractivity contribution in [2.45, 2.75) is 43.5 Å². The minimum atomic E-state index is -3.34. The van der Waals surface area contributed by atoms with Crippen LogP contribution in [-0.2, 0) is 14.8 Å². The maximum atomic E-state index is 11.6. The van der Waals surface area contributed by atoms with E-state index in [9.17, 15) is 13.2 Å². The number of aliphatic carboxylic acids is 1. The molecule has 0 aliphatic heterocycles. The molecule has 0 aromatic rings. The minimum Gasteiger partial charge on any atom is -0.479 e. The molecule has 0 aromatic carbocycles. The standard InChI is InChI=1S/C9H17NO5S/c11-8(9(12)13)5-6-10-16(14,15)7-3-1-2-4-7/h7-8,10-11H,1-6H2,(H,12,13)/t8-/m0/s1. The van der Waals surface area contributed by atoms with Gasteiger partial charge in [0, 0.05) is 6.54 Å². The van der Waals surface area contributed by atoms with Crippen molar-refractivity contribution >= 4 is 16.0 Å². The van der Waals surface area contributed by atoms with Gasteiger partial charge in [-0.2, -0.15) is 0 Å². The van der Waals surface area contributed by atoms with Crippen LogP contribution in [0.1, 0.15) is 32.1 Å². The molecule has 0 radical (unpaired) electrons. The Morgan fingerprint density at radius 3 is 2.44 bits per heavy atom. The van der Waals surface area contributed by atoms with Gasteiger partial charge in [-0.3, -0.25) is 0 Å². The Balaban J connectivity index is 2.33. The Morgan fingerprint density at radius 1 is 1.38 bits per heavy atom. The molecule has 1 fully saturated rings. The molecule has 3 N–H and O–H groups in total. The highest BCUT2D eigenvalue weighted by Crippen LogP contribution is 2.23. The summed E-state index contributed by atoms with van der Waals surface area (Å²) in [5.41, 5.74) is 0. The van der Waals surface area contributed by atoms with Crippen LogP contribution >= 0.6 is 0 Å². The molecule has 7 heteroatoms. The second kappa shape index (κ2) is 5.60. The SMILES string of the molecule is O=C(O)[C@@H](O)CCNS(=O)(=O)C1CCCC1. The van der Waals surface area contributed by atoms with Crippen LogP contribution in [-0.4, -0.2) is 42.5 Å². The fourth-order valence-electron chi connectivity index (χ4n) is 1.78. The number of aliphatic hydroxyl groups excluding tert-OH is 1. The molecule has 1 rings (SSSR count). The first-order valence-electron chi connectivity index (χ1n) is 5.33. The molecule has 0 saturated heterocycles. The summed E-state index contributed by atoms with van der Waals surface area (Å²) in [6.45, 7) is -0.0354. The Labute approximate surface area is 94.7 Å². The number of carboxylic acid groups (broad SMARTS) is 1. The summed E-state index contributed by atoms with van der Waals surface area (Å²) >= 11 is 0. The second-order valence-electron chi connectivity index (χ2n) is 3.99. The number of nitrogens with one attached hydrogen (secondary N) is 1. The van der Waals surface area contributed by atoms with Gasteiger partial charge in [0.1, 0.15) is 0 Å². The van der Waals surface area contributed by atoms with E-state index in [0.29, 0.717) is 12.8 Å². The third kappa shape index (κ3) is 3.73. The predicted octanol–water partition coefficient (Wildman–Crippen LogP) is -0.316. The summed E-state index contributed by atoms with van der Waals surface area (Å²) in [6, 6.07) is 0. The summed E-state index contributed by atoms with van der Waals surface area (Å²) in [4.78, 5) is 10.3. The van der Waals surface area contributed by atoms with E-state index in [-0.39, 0.29) is 18.2 Å². The Bertz CT molecular complexity index is 334. The average Bonchev–Trinajstić information content (AvgIpc) is 2.70. The van der Waals surface area contributed by atoms with Gasteiger partial charge in [0.05, 0.1) is 5.25 Å². The van der Waals surface area contributed by atoms with Crippen LogP contribution in [0.3, 0.4) is 0 Å². The molecule has 94 valence electrons. The van der Waals surface area contributed by atoms with Crippen LogP contribution in [0, 0.1) is 0 Å². The highest BCUT2D eigenvalue weighted by Gasteiger charge is 2.28. The van der Waals surface area contributed by atoms with Crippen LogP contribution in [0.15, 0.2) is 0 Å². The molecule has 0 spiro atoms. The van der Waals surface area contributed by atoms with Crippen LogP contribution in [0.25, 0.3) is 0 Å². The zero-order valence-corrected chi connectivity index (χ0v) is 9.74. The maximum Gasteiger partial charge on any atom is 0.332 e. The van der Waals surface area contributed by atoms with Crippen molar-refractivity contribution in [3.05, 3.63) is 0 Å². The van der Waals surface area contributed by atoms with Crippen molar-refractivity contribution in [2.24, 2.45) is 0 Å². The second-order valence-corrected chi connectivity index (χ2v) is 6.03. The van der Waals surface area contributed by atoms with Crippen molar-refractivity contribution < 1.29 is 23.4 Å². The minimum absolute atomic E-state index is 0.0354. The molecular formula is C9H17NO5S. The van der Waals surface area contributed by atoms with Gasteiger partial charge in [0.25, 0.3) is 0 Å². The highest BCUT2D eigenvalue weighted by molar-refractivity contribution is 7.90. The molecule has 6 nitrogen and oxygen atoms in total. The van der Waals surface area contributed by atoms with E-state index in [1.165, 1.54) is 0 Å². The maximum absolute atomic E-state index is 11.6. The van der Waals surface area contributed by atoms with Crippen LogP contribution in [0.2, 0.25) is 0 Å². The number of hydrogen-bond donors (Lipinski definition) is 3. The first kappa shape index (κ1) is 13.4. The molecule has 0 unspecified atom stereocenters. The molecule has 1 aliphatic rings. The molecule has 16 heavy (non-hydrogen) atoms. The third-order valence-corrected chi connectivity index (χ3v) is 4.70. The smallest absolute Gasteiger partial charge is 0.332 e. The van der Waals surface area contributed by atoms with E-state index in [1.807, 2.05) is 0 Å². The molecule has 0 heterocycles. The van der Waals surface area contributed by atoms with Crippen molar-refractivity contribution in [1.29, 1.82) is 0 Å². The molecule has 1 aliphatic carbocycles. The monoisotopic (exact) mass is 251 g/mol. The summed E-state index contributed by atoms with van der Waals surface area (Å²) in [5.74, 6) is -1.33. The van der Waals surface area contributed by atoms with Crippen molar-refractivity contribution in [2.75, 3.05) is 6.54 Å². The van der Waals surface area contributed by atoms with E-state index in [1.54, 1.807) is 0 Å². The number of carbonyl (C=O) groups is 1. The molecule has 0 bridgehead atoms.